The van der Waals surface area contributed by atoms with E-state index in [9.17, 15) is 4.39 Å². The highest BCUT2D eigenvalue weighted by Gasteiger charge is 2.18. The molecule has 1 aromatic heterocycles. The van der Waals surface area contributed by atoms with Crippen LogP contribution in [0.5, 0.6) is 0 Å². The van der Waals surface area contributed by atoms with Crippen LogP contribution in [0.3, 0.4) is 0 Å². The van der Waals surface area contributed by atoms with Crippen molar-refractivity contribution in [3.63, 3.8) is 0 Å². The summed E-state index contributed by atoms with van der Waals surface area (Å²) in [5.41, 5.74) is 7.87. The first-order chi connectivity index (χ1) is 9.15. The fourth-order valence-electron chi connectivity index (χ4n) is 2.31. The summed E-state index contributed by atoms with van der Waals surface area (Å²) in [6.07, 6.45) is -0.0428. The molecular formula is C13H16FN3O2. The van der Waals surface area contributed by atoms with Crippen LogP contribution in [-0.2, 0) is 16.0 Å². The number of nitrogens with zero attached hydrogens (tertiary/aromatic N) is 2. The number of ether oxygens (including phenoxy) is 2. The zero-order valence-electron chi connectivity index (χ0n) is 10.7. The summed E-state index contributed by atoms with van der Waals surface area (Å²) >= 11 is 0. The van der Waals surface area contributed by atoms with E-state index in [-0.39, 0.29) is 11.9 Å². The molecule has 0 saturated carbocycles. The Kier molecular flexibility index (Phi) is 3.12. The third-order valence-electron chi connectivity index (χ3n) is 3.33. The first-order valence-electron chi connectivity index (χ1n) is 6.26. The second-order valence-electron chi connectivity index (χ2n) is 4.74. The summed E-state index contributed by atoms with van der Waals surface area (Å²) in [7, 11) is 0. The average Bonchev–Trinajstić information content (AvgIpc) is 2.68. The van der Waals surface area contributed by atoms with E-state index in [4.69, 9.17) is 15.2 Å². The lowest BCUT2D eigenvalue weighted by Gasteiger charge is -2.23. The van der Waals surface area contributed by atoms with E-state index in [1.165, 1.54) is 6.07 Å². The molecule has 6 heteroatoms. The van der Waals surface area contributed by atoms with Gasteiger partial charge >= 0.3 is 0 Å². The number of hydrogen-bond donors (Lipinski definition) is 1. The predicted octanol–water partition coefficient (Wildman–Crippen LogP) is 1.48. The van der Waals surface area contributed by atoms with Gasteiger partial charge in [-0.05, 0) is 18.6 Å². The van der Waals surface area contributed by atoms with E-state index in [2.05, 4.69) is 4.98 Å². The van der Waals surface area contributed by atoms with Gasteiger partial charge in [0.2, 0.25) is 5.95 Å². The van der Waals surface area contributed by atoms with Crippen LogP contribution in [0.15, 0.2) is 12.1 Å². The van der Waals surface area contributed by atoms with Crippen LogP contribution in [0.4, 0.5) is 10.3 Å². The maximum atomic E-state index is 13.5. The van der Waals surface area contributed by atoms with Gasteiger partial charge in [0.05, 0.1) is 43.5 Å². The van der Waals surface area contributed by atoms with E-state index in [1.807, 2.05) is 4.57 Å². The van der Waals surface area contributed by atoms with Crippen LogP contribution in [0.25, 0.3) is 11.0 Å². The first kappa shape index (κ1) is 12.4. The lowest BCUT2D eigenvalue weighted by atomic mass is 10.2. The molecule has 0 spiro atoms. The molecule has 2 N–H and O–H groups in total. The van der Waals surface area contributed by atoms with E-state index in [0.717, 1.165) is 5.52 Å². The molecule has 2 heterocycles. The standard InChI is InChI=1S/C13H16FN3O2/c1-8-4-12-11(5-10(8)14)16-13(15)17(12)6-9-7-18-2-3-19-9/h4-5,9H,2-3,6-7H2,1H3,(H2,15,16). The van der Waals surface area contributed by atoms with Crippen molar-refractivity contribution in [2.45, 2.75) is 19.6 Å². The monoisotopic (exact) mass is 265 g/mol. The van der Waals surface area contributed by atoms with Gasteiger partial charge in [-0.25, -0.2) is 9.37 Å². The van der Waals surface area contributed by atoms with Crippen LogP contribution in [0.1, 0.15) is 5.56 Å². The van der Waals surface area contributed by atoms with Gasteiger partial charge in [-0.2, -0.15) is 0 Å². The fourth-order valence-corrected chi connectivity index (χ4v) is 2.31. The molecule has 5 nitrogen and oxygen atoms in total. The summed E-state index contributed by atoms with van der Waals surface area (Å²) in [5, 5.41) is 0. The van der Waals surface area contributed by atoms with Crippen LogP contribution in [0.2, 0.25) is 0 Å². The summed E-state index contributed by atoms with van der Waals surface area (Å²) in [4.78, 5) is 4.18. The minimum absolute atomic E-state index is 0.0428. The Morgan fingerprint density at radius 3 is 3.05 bits per heavy atom. The highest BCUT2D eigenvalue weighted by molar-refractivity contribution is 5.79. The normalized spacial score (nSPS) is 20.0. The zero-order valence-corrected chi connectivity index (χ0v) is 10.7. The van der Waals surface area contributed by atoms with Crippen molar-refractivity contribution in [1.29, 1.82) is 0 Å². The van der Waals surface area contributed by atoms with Crippen LogP contribution >= 0.6 is 0 Å². The Labute approximate surface area is 110 Å². The molecular weight excluding hydrogens is 249 g/mol. The molecule has 1 unspecified atom stereocenters. The number of halogens is 1. The molecule has 1 aliphatic rings. The first-order valence-corrected chi connectivity index (χ1v) is 6.26. The largest absolute Gasteiger partial charge is 0.376 e. The maximum Gasteiger partial charge on any atom is 0.201 e. The molecule has 1 fully saturated rings. The molecule has 1 aliphatic heterocycles. The van der Waals surface area contributed by atoms with Crippen molar-refractivity contribution in [2.75, 3.05) is 25.6 Å². The lowest BCUT2D eigenvalue weighted by Crippen LogP contribution is -2.32. The number of aryl methyl sites for hydroxylation is 1. The van der Waals surface area contributed by atoms with Gasteiger partial charge in [0.25, 0.3) is 0 Å². The lowest BCUT2D eigenvalue weighted by molar-refractivity contribution is -0.0930. The number of hydrogen-bond acceptors (Lipinski definition) is 4. The van der Waals surface area contributed by atoms with Gasteiger partial charge < -0.3 is 19.8 Å². The zero-order chi connectivity index (χ0) is 13.4. The van der Waals surface area contributed by atoms with Crippen LogP contribution in [-0.4, -0.2) is 35.5 Å². The molecule has 0 bridgehead atoms. The van der Waals surface area contributed by atoms with Crippen LogP contribution in [0, 0.1) is 12.7 Å². The smallest absolute Gasteiger partial charge is 0.201 e. The number of rotatable bonds is 2. The number of aromatic nitrogens is 2. The number of benzene rings is 1. The van der Waals surface area contributed by atoms with Gasteiger partial charge in [0.15, 0.2) is 0 Å². The van der Waals surface area contributed by atoms with E-state index in [1.54, 1.807) is 13.0 Å². The quantitative estimate of drug-likeness (QED) is 0.893. The minimum atomic E-state index is -0.269. The van der Waals surface area contributed by atoms with Gasteiger partial charge in [-0.15, -0.1) is 0 Å². The number of nitrogen functional groups attached to an aromatic ring is 1. The Morgan fingerprint density at radius 1 is 1.47 bits per heavy atom. The summed E-state index contributed by atoms with van der Waals surface area (Å²) in [5.74, 6) is 0.101. The SMILES string of the molecule is Cc1cc2c(cc1F)nc(N)n2CC1COCCO1. The molecule has 0 aliphatic carbocycles. The van der Waals surface area contributed by atoms with Crippen molar-refractivity contribution in [3.8, 4) is 0 Å². The van der Waals surface area contributed by atoms with Gasteiger partial charge in [0.1, 0.15) is 5.82 Å². The summed E-state index contributed by atoms with van der Waals surface area (Å²) in [6.45, 7) is 4.04. The van der Waals surface area contributed by atoms with Gasteiger partial charge in [0, 0.05) is 6.07 Å². The van der Waals surface area contributed by atoms with Gasteiger partial charge in [-0.3, -0.25) is 0 Å². The van der Waals surface area contributed by atoms with Crippen molar-refractivity contribution in [2.24, 2.45) is 0 Å². The second kappa shape index (κ2) is 4.79. The van der Waals surface area contributed by atoms with E-state index >= 15 is 0 Å². The Morgan fingerprint density at radius 2 is 2.32 bits per heavy atom. The van der Waals surface area contributed by atoms with Gasteiger partial charge in [-0.1, -0.05) is 0 Å². The van der Waals surface area contributed by atoms with E-state index in [0.29, 0.717) is 43.4 Å². The molecule has 0 radical (unpaired) electrons. The molecule has 0 amide bonds. The highest BCUT2D eigenvalue weighted by atomic mass is 19.1. The Balaban J connectivity index is 1.97. The number of imidazole rings is 1. The number of anilines is 1. The third-order valence-corrected chi connectivity index (χ3v) is 3.33. The maximum absolute atomic E-state index is 13.5. The molecule has 3 rings (SSSR count). The van der Waals surface area contributed by atoms with E-state index < -0.39 is 0 Å². The number of nitrogens with two attached hydrogens (primary N) is 1. The van der Waals surface area contributed by atoms with Crippen molar-refractivity contribution >= 4 is 17.0 Å². The van der Waals surface area contributed by atoms with Crippen molar-refractivity contribution < 1.29 is 13.9 Å². The summed E-state index contributed by atoms with van der Waals surface area (Å²) < 4.78 is 26.3. The Hall–Kier alpha value is -1.66. The van der Waals surface area contributed by atoms with Crippen molar-refractivity contribution in [1.82, 2.24) is 9.55 Å². The molecule has 1 aromatic carbocycles. The highest BCUT2D eigenvalue weighted by Crippen LogP contribution is 2.22. The topological polar surface area (TPSA) is 62.3 Å². The second-order valence-corrected chi connectivity index (χ2v) is 4.74. The predicted molar refractivity (Wildman–Crippen MR) is 69.4 cm³/mol. The molecule has 1 atom stereocenters. The minimum Gasteiger partial charge on any atom is -0.376 e. The fraction of sp³-hybridized carbons (Fsp3) is 0.462. The molecule has 102 valence electrons. The number of fused-ring (bicyclic) bond motifs is 1. The molecule has 19 heavy (non-hydrogen) atoms. The Bertz CT molecular complexity index is 605. The molecule has 1 saturated heterocycles. The summed E-state index contributed by atoms with van der Waals surface area (Å²) in [6, 6.07) is 3.17. The molecule has 2 aromatic rings. The van der Waals surface area contributed by atoms with Crippen molar-refractivity contribution in [3.05, 3.63) is 23.5 Å². The average molecular weight is 265 g/mol. The van der Waals surface area contributed by atoms with Crippen LogP contribution < -0.4 is 5.73 Å². The third kappa shape index (κ3) is 2.29.